The SMILES string of the molecule is CC(C)(C)OC(=O)NC12CCCCC1CNC2. The van der Waals surface area contributed by atoms with Crippen molar-refractivity contribution in [2.75, 3.05) is 13.1 Å². The molecule has 2 atom stereocenters. The van der Waals surface area contributed by atoms with E-state index in [0.29, 0.717) is 5.92 Å². The molecule has 2 unspecified atom stereocenters. The summed E-state index contributed by atoms with van der Waals surface area (Å²) in [5.74, 6) is 0.573. The van der Waals surface area contributed by atoms with Gasteiger partial charge in [0.25, 0.3) is 0 Å². The predicted molar refractivity (Wildman–Crippen MR) is 66.9 cm³/mol. The van der Waals surface area contributed by atoms with Crippen molar-refractivity contribution in [3.63, 3.8) is 0 Å². The Morgan fingerprint density at radius 2 is 2.18 bits per heavy atom. The molecule has 0 spiro atoms. The third-order valence-corrected chi connectivity index (χ3v) is 3.79. The molecule has 17 heavy (non-hydrogen) atoms. The van der Waals surface area contributed by atoms with E-state index in [0.717, 1.165) is 19.5 Å². The molecule has 4 nitrogen and oxygen atoms in total. The van der Waals surface area contributed by atoms with Crippen LogP contribution >= 0.6 is 0 Å². The summed E-state index contributed by atoms with van der Waals surface area (Å²) in [6.07, 6.45) is 4.50. The first-order chi connectivity index (χ1) is 7.91. The lowest BCUT2D eigenvalue weighted by atomic mass is 9.75. The Morgan fingerprint density at radius 1 is 1.41 bits per heavy atom. The van der Waals surface area contributed by atoms with E-state index in [-0.39, 0.29) is 11.6 Å². The molecule has 0 aromatic carbocycles. The number of hydrogen-bond acceptors (Lipinski definition) is 3. The summed E-state index contributed by atoms with van der Waals surface area (Å²) in [5.41, 5.74) is -0.475. The quantitative estimate of drug-likeness (QED) is 0.737. The second-order valence-corrected chi connectivity index (χ2v) is 6.36. The van der Waals surface area contributed by atoms with E-state index < -0.39 is 5.60 Å². The number of carbonyl (C=O) groups excluding carboxylic acids is 1. The van der Waals surface area contributed by atoms with Crippen LogP contribution in [0.1, 0.15) is 46.5 Å². The molecule has 2 N–H and O–H groups in total. The molecule has 1 saturated carbocycles. The molecule has 0 aromatic heterocycles. The van der Waals surface area contributed by atoms with E-state index in [1.807, 2.05) is 20.8 Å². The van der Waals surface area contributed by atoms with Gasteiger partial charge in [-0.15, -0.1) is 0 Å². The highest BCUT2D eigenvalue weighted by atomic mass is 16.6. The minimum Gasteiger partial charge on any atom is -0.444 e. The van der Waals surface area contributed by atoms with E-state index in [2.05, 4.69) is 10.6 Å². The average molecular weight is 240 g/mol. The number of amides is 1. The van der Waals surface area contributed by atoms with Gasteiger partial charge in [0.2, 0.25) is 0 Å². The van der Waals surface area contributed by atoms with Gasteiger partial charge in [0.15, 0.2) is 0 Å². The van der Waals surface area contributed by atoms with Gasteiger partial charge < -0.3 is 15.4 Å². The molecule has 98 valence electrons. The molecule has 1 saturated heterocycles. The summed E-state index contributed by atoms with van der Waals surface area (Å²) in [6.45, 7) is 7.60. The highest BCUT2D eigenvalue weighted by Gasteiger charge is 2.45. The van der Waals surface area contributed by atoms with Crippen molar-refractivity contribution in [1.29, 1.82) is 0 Å². The standard InChI is InChI=1S/C13H24N2O2/c1-12(2,3)17-11(16)15-13-7-5-4-6-10(13)8-14-9-13/h10,14H,4-9H2,1-3H3,(H,15,16). The Labute approximate surface area is 103 Å². The first-order valence-electron chi connectivity index (χ1n) is 6.63. The minimum absolute atomic E-state index is 0.0550. The van der Waals surface area contributed by atoms with Gasteiger partial charge in [-0.2, -0.15) is 0 Å². The van der Waals surface area contributed by atoms with E-state index >= 15 is 0 Å². The Morgan fingerprint density at radius 3 is 2.88 bits per heavy atom. The monoisotopic (exact) mass is 240 g/mol. The Balaban J connectivity index is 1.98. The van der Waals surface area contributed by atoms with Gasteiger partial charge >= 0.3 is 6.09 Å². The van der Waals surface area contributed by atoms with Crippen LogP contribution in [0.25, 0.3) is 0 Å². The Bertz CT molecular complexity index is 298. The third kappa shape index (κ3) is 2.92. The first kappa shape index (κ1) is 12.7. The van der Waals surface area contributed by atoms with Crippen LogP contribution in [0.2, 0.25) is 0 Å². The third-order valence-electron chi connectivity index (χ3n) is 3.79. The van der Waals surface area contributed by atoms with Gasteiger partial charge in [-0.1, -0.05) is 12.8 Å². The highest BCUT2D eigenvalue weighted by molar-refractivity contribution is 5.69. The summed E-state index contributed by atoms with van der Waals surface area (Å²) in [4.78, 5) is 11.9. The number of nitrogens with one attached hydrogen (secondary N) is 2. The maximum atomic E-state index is 11.9. The molecule has 1 aliphatic carbocycles. The molecule has 1 amide bonds. The molecule has 4 heteroatoms. The lowest BCUT2D eigenvalue weighted by Crippen LogP contribution is -2.56. The second kappa shape index (κ2) is 4.48. The molecular formula is C13H24N2O2. The number of hydrogen-bond donors (Lipinski definition) is 2. The Hall–Kier alpha value is -0.770. The average Bonchev–Trinajstić information content (AvgIpc) is 2.57. The number of alkyl carbamates (subject to hydrolysis) is 1. The van der Waals surface area contributed by atoms with Crippen LogP contribution in [-0.2, 0) is 4.74 Å². The molecule has 2 rings (SSSR count). The molecule has 0 aromatic rings. The van der Waals surface area contributed by atoms with Crippen LogP contribution in [0.5, 0.6) is 0 Å². The maximum absolute atomic E-state index is 11.9. The summed E-state index contributed by atoms with van der Waals surface area (Å²) in [6, 6.07) is 0. The van der Waals surface area contributed by atoms with Gasteiger partial charge in [0, 0.05) is 13.1 Å². The minimum atomic E-state index is -0.420. The molecule has 0 radical (unpaired) electrons. The zero-order valence-corrected chi connectivity index (χ0v) is 11.1. The number of ether oxygens (including phenoxy) is 1. The van der Waals surface area contributed by atoms with Gasteiger partial charge in [0.1, 0.15) is 5.60 Å². The lowest BCUT2D eigenvalue weighted by molar-refractivity contribution is 0.0404. The van der Waals surface area contributed by atoms with Gasteiger partial charge in [-0.25, -0.2) is 4.79 Å². The van der Waals surface area contributed by atoms with Crippen LogP contribution in [0.3, 0.4) is 0 Å². The summed E-state index contributed by atoms with van der Waals surface area (Å²) in [5, 5.41) is 6.53. The van der Waals surface area contributed by atoms with Crippen LogP contribution in [0.15, 0.2) is 0 Å². The zero-order chi connectivity index (χ0) is 12.5. The van der Waals surface area contributed by atoms with E-state index in [9.17, 15) is 4.79 Å². The van der Waals surface area contributed by atoms with E-state index in [1.54, 1.807) is 0 Å². The normalized spacial score (nSPS) is 33.0. The molecule has 1 heterocycles. The van der Waals surface area contributed by atoms with E-state index in [1.165, 1.54) is 19.3 Å². The molecule has 0 bridgehead atoms. The fraction of sp³-hybridized carbons (Fsp3) is 0.923. The molecule has 1 aliphatic heterocycles. The maximum Gasteiger partial charge on any atom is 0.408 e. The van der Waals surface area contributed by atoms with Crippen molar-refractivity contribution < 1.29 is 9.53 Å². The van der Waals surface area contributed by atoms with Crippen LogP contribution in [0, 0.1) is 5.92 Å². The van der Waals surface area contributed by atoms with Crippen molar-refractivity contribution in [3.8, 4) is 0 Å². The summed E-state index contributed by atoms with van der Waals surface area (Å²) >= 11 is 0. The van der Waals surface area contributed by atoms with Crippen molar-refractivity contribution in [1.82, 2.24) is 10.6 Å². The molecule has 2 fully saturated rings. The molecule has 2 aliphatic rings. The topological polar surface area (TPSA) is 50.4 Å². The fourth-order valence-corrected chi connectivity index (χ4v) is 3.03. The van der Waals surface area contributed by atoms with Crippen LogP contribution < -0.4 is 10.6 Å². The highest BCUT2D eigenvalue weighted by Crippen LogP contribution is 2.36. The molecular weight excluding hydrogens is 216 g/mol. The predicted octanol–water partition coefficient (Wildman–Crippen LogP) is 2.04. The number of rotatable bonds is 1. The zero-order valence-electron chi connectivity index (χ0n) is 11.1. The largest absolute Gasteiger partial charge is 0.444 e. The van der Waals surface area contributed by atoms with Crippen molar-refractivity contribution in [2.24, 2.45) is 5.92 Å². The number of carbonyl (C=O) groups is 1. The second-order valence-electron chi connectivity index (χ2n) is 6.36. The lowest BCUT2D eigenvalue weighted by Gasteiger charge is -2.39. The summed E-state index contributed by atoms with van der Waals surface area (Å²) in [7, 11) is 0. The summed E-state index contributed by atoms with van der Waals surface area (Å²) < 4.78 is 5.37. The van der Waals surface area contributed by atoms with Gasteiger partial charge in [-0.05, 0) is 39.5 Å². The van der Waals surface area contributed by atoms with Crippen molar-refractivity contribution in [2.45, 2.75) is 57.6 Å². The number of fused-ring (bicyclic) bond motifs is 1. The van der Waals surface area contributed by atoms with Crippen LogP contribution in [0.4, 0.5) is 4.79 Å². The smallest absolute Gasteiger partial charge is 0.408 e. The van der Waals surface area contributed by atoms with E-state index in [4.69, 9.17) is 4.74 Å². The van der Waals surface area contributed by atoms with Gasteiger partial charge in [0.05, 0.1) is 5.54 Å². The first-order valence-corrected chi connectivity index (χ1v) is 6.63. The Kier molecular flexibility index (Phi) is 3.34. The van der Waals surface area contributed by atoms with Crippen molar-refractivity contribution >= 4 is 6.09 Å². The van der Waals surface area contributed by atoms with Crippen LogP contribution in [-0.4, -0.2) is 30.3 Å². The fourth-order valence-electron chi connectivity index (χ4n) is 3.03. The van der Waals surface area contributed by atoms with Crippen molar-refractivity contribution in [3.05, 3.63) is 0 Å². The van der Waals surface area contributed by atoms with Gasteiger partial charge in [-0.3, -0.25) is 0 Å².